The van der Waals surface area contributed by atoms with E-state index in [4.69, 9.17) is 4.42 Å². The van der Waals surface area contributed by atoms with Crippen LogP contribution in [0.15, 0.2) is 45.9 Å². The van der Waals surface area contributed by atoms with Gasteiger partial charge in [-0.2, -0.15) is 0 Å². The summed E-state index contributed by atoms with van der Waals surface area (Å²) in [4.78, 5) is 28.3. The Morgan fingerprint density at radius 1 is 1.18 bits per heavy atom. The highest BCUT2D eigenvalue weighted by atomic mass is 32.2. The molecule has 2 aliphatic rings. The average molecular weight is 488 g/mol. The average Bonchev–Trinajstić information content (AvgIpc) is 3.43. The predicted molar refractivity (Wildman–Crippen MR) is 129 cm³/mol. The number of carbonyl (C=O) groups excluding carboxylic acids is 2. The minimum absolute atomic E-state index is 0.0226. The number of nitrogens with one attached hydrogen (secondary N) is 1. The molecule has 2 aromatic rings. The Bertz CT molecular complexity index is 1140. The molecule has 1 aromatic heterocycles. The van der Waals surface area contributed by atoms with Crippen molar-refractivity contribution in [2.75, 3.05) is 18.5 Å². The highest BCUT2D eigenvalue weighted by Gasteiger charge is 2.31. The Balaban J connectivity index is 1.29. The van der Waals surface area contributed by atoms with E-state index in [1.165, 1.54) is 6.92 Å². The minimum Gasteiger partial charge on any atom is -0.467 e. The summed E-state index contributed by atoms with van der Waals surface area (Å²) in [5.41, 5.74) is 1.67. The van der Waals surface area contributed by atoms with Crippen molar-refractivity contribution in [1.29, 1.82) is 0 Å². The van der Waals surface area contributed by atoms with Gasteiger partial charge in [0.1, 0.15) is 5.76 Å². The van der Waals surface area contributed by atoms with Gasteiger partial charge in [-0.3, -0.25) is 9.59 Å². The molecule has 1 aliphatic heterocycles. The lowest BCUT2D eigenvalue weighted by atomic mass is 9.81. The number of nitrogens with zero attached hydrogens (tertiary/aromatic N) is 2. The van der Waals surface area contributed by atoms with Gasteiger partial charge in [0.25, 0.3) is 0 Å². The zero-order valence-electron chi connectivity index (χ0n) is 20.0. The van der Waals surface area contributed by atoms with E-state index in [1.807, 2.05) is 19.1 Å². The third-order valence-electron chi connectivity index (χ3n) is 7.02. The molecule has 1 aromatic carbocycles. The highest BCUT2D eigenvalue weighted by molar-refractivity contribution is 7.89. The van der Waals surface area contributed by atoms with Crippen molar-refractivity contribution in [1.82, 2.24) is 9.62 Å². The molecule has 0 unspecified atom stereocenters. The van der Waals surface area contributed by atoms with E-state index in [0.29, 0.717) is 19.5 Å². The number of hydrogen-bond donors (Lipinski definition) is 1. The Morgan fingerprint density at radius 2 is 1.91 bits per heavy atom. The fraction of sp³-hybridized carbons (Fsp3) is 0.520. The number of benzene rings is 1. The SMILES string of the molecule is CC(=O)N1c2ccc(S(=O)(=O)NCC3CCC(C(=O)N(C)Cc4ccco4)CC3)cc2C[C@@H]1C. The van der Waals surface area contributed by atoms with Crippen LogP contribution >= 0.6 is 0 Å². The zero-order chi connectivity index (χ0) is 24.5. The third-order valence-corrected chi connectivity index (χ3v) is 8.44. The molecular weight excluding hydrogens is 454 g/mol. The van der Waals surface area contributed by atoms with Crippen LogP contribution in [0, 0.1) is 11.8 Å². The normalized spacial score (nSPS) is 22.4. The second-order valence-corrected chi connectivity index (χ2v) is 11.3. The maximum atomic E-state index is 12.9. The minimum atomic E-state index is -3.65. The second-order valence-electron chi connectivity index (χ2n) is 9.58. The number of anilines is 1. The van der Waals surface area contributed by atoms with Crippen molar-refractivity contribution >= 4 is 27.5 Å². The lowest BCUT2D eigenvalue weighted by Gasteiger charge is -2.30. The molecule has 1 saturated carbocycles. The topological polar surface area (TPSA) is 99.9 Å². The Hall–Kier alpha value is -2.65. The van der Waals surface area contributed by atoms with E-state index in [-0.39, 0.29) is 34.6 Å². The van der Waals surface area contributed by atoms with Crippen LogP contribution in [0.5, 0.6) is 0 Å². The van der Waals surface area contributed by atoms with Crippen LogP contribution < -0.4 is 9.62 Å². The number of hydrogen-bond acceptors (Lipinski definition) is 5. The Kier molecular flexibility index (Phi) is 7.14. The standard InChI is InChI=1S/C25H33N3O5S/c1-17-13-21-14-23(10-11-24(21)28(17)18(2)29)34(31,32)26-15-19-6-8-20(9-7-19)25(30)27(3)16-22-5-4-12-33-22/h4-5,10-12,14,17,19-20,26H,6-9,13,15-16H2,1-3H3/t17-,19?,20?/m0/s1. The summed E-state index contributed by atoms with van der Waals surface area (Å²) in [7, 11) is -1.86. The molecule has 0 radical (unpaired) electrons. The van der Waals surface area contributed by atoms with Crippen molar-refractivity contribution in [2.45, 2.75) is 63.4 Å². The maximum absolute atomic E-state index is 12.9. The largest absolute Gasteiger partial charge is 0.467 e. The number of fused-ring (bicyclic) bond motifs is 1. The van der Waals surface area contributed by atoms with Crippen LogP contribution in [-0.4, -0.2) is 44.8 Å². The molecular formula is C25H33N3O5S. The summed E-state index contributed by atoms with van der Waals surface area (Å²) in [5.74, 6) is 1.00. The molecule has 1 aliphatic carbocycles. The second kappa shape index (κ2) is 9.92. The summed E-state index contributed by atoms with van der Waals surface area (Å²) in [6.07, 6.45) is 5.37. The van der Waals surface area contributed by atoms with Crippen LogP contribution in [0.25, 0.3) is 0 Å². The van der Waals surface area contributed by atoms with E-state index in [2.05, 4.69) is 4.72 Å². The molecule has 8 nitrogen and oxygen atoms in total. The lowest BCUT2D eigenvalue weighted by molar-refractivity contribution is -0.136. The van der Waals surface area contributed by atoms with E-state index >= 15 is 0 Å². The van der Waals surface area contributed by atoms with E-state index in [1.54, 1.807) is 41.3 Å². The predicted octanol–water partition coefficient (Wildman–Crippen LogP) is 3.32. The summed E-state index contributed by atoms with van der Waals surface area (Å²) in [6, 6.07) is 8.67. The highest BCUT2D eigenvalue weighted by Crippen LogP contribution is 2.34. The number of rotatable bonds is 7. The van der Waals surface area contributed by atoms with Gasteiger partial charge in [-0.25, -0.2) is 13.1 Å². The van der Waals surface area contributed by atoms with Gasteiger partial charge in [0.2, 0.25) is 21.8 Å². The fourth-order valence-corrected chi connectivity index (χ4v) is 6.37. The smallest absolute Gasteiger partial charge is 0.240 e. The summed E-state index contributed by atoms with van der Waals surface area (Å²) in [6.45, 7) is 4.30. The van der Waals surface area contributed by atoms with Crippen molar-refractivity contribution in [3.05, 3.63) is 47.9 Å². The molecule has 0 saturated heterocycles. The van der Waals surface area contributed by atoms with Crippen LogP contribution in [0.2, 0.25) is 0 Å². The Morgan fingerprint density at radius 3 is 2.56 bits per heavy atom. The van der Waals surface area contributed by atoms with Crippen molar-refractivity contribution in [3.63, 3.8) is 0 Å². The number of amides is 2. The zero-order valence-corrected chi connectivity index (χ0v) is 20.8. The first-order valence-electron chi connectivity index (χ1n) is 11.9. The van der Waals surface area contributed by atoms with Crippen molar-refractivity contribution in [2.24, 2.45) is 11.8 Å². The summed E-state index contributed by atoms with van der Waals surface area (Å²) >= 11 is 0. The van der Waals surface area contributed by atoms with Gasteiger partial charge in [-0.05, 0) is 80.8 Å². The molecule has 4 rings (SSSR count). The first-order valence-corrected chi connectivity index (χ1v) is 13.3. The quantitative estimate of drug-likeness (QED) is 0.646. The van der Waals surface area contributed by atoms with Crippen LogP contribution in [0.3, 0.4) is 0 Å². The Labute approximate surface area is 201 Å². The number of furan rings is 1. The maximum Gasteiger partial charge on any atom is 0.240 e. The molecule has 1 N–H and O–H groups in total. The van der Waals surface area contributed by atoms with Crippen molar-refractivity contribution in [3.8, 4) is 0 Å². The molecule has 9 heteroatoms. The van der Waals surface area contributed by atoms with Crippen LogP contribution in [0.4, 0.5) is 5.69 Å². The lowest BCUT2D eigenvalue weighted by Crippen LogP contribution is -2.36. The molecule has 0 bridgehead atoms. The van der Waals surface area contributed by atoms with Gasteiger partial charge in [0, 0.05) is 38.2 Å². The van der Waals surface area contributed by atoms with Gasteiger partial charge in [0.05, 0.1) is 17.7 Å². The molecule has 1 fully saturated rings. The molecule has 1 atom stereocenters. The summed E-state index contributed by atoms with van der Waals surface area (Å²) < 4.78 is 33.9. The number of carbonyl (C=O) groups is 2. The first kappa shape index (κ1) is 24.5. The monoisotopic (exact) mass is 487 g/mol. The molecule has 34 heavy (non-hydrogen) atoms. The van der Waals surface area contributed by atoms with Gasteiger partial charge >= 0.3 is 0 Å². The van der Waals surface area contributed by atoms with Crippen LogP contribution in [-0.2, 0) is 32.6 Å². The number of sulfonamides is 1. The first-order chi connectivity index (χ1) is 16.2. The van der Waals surface area contributed by atoms with Crippen LogP contribution in [0.1, 0.15) is 50.9 Å². The molecule has 2 heterocycles. The van der Waals surface area contributed by atoms with Crippen molar-refractivity contribution < 1.29 is 22.4 Å². The third kappa shape index (κ3) is 5.20. The molecule has 184 valence electrons. The molecule has 0 spiro atoms. The van der Waals surface area contributed by atoms with E-state index < -0.39 is 10.0 Å². The van der Waals surface area contributed by atoms with Gasteiger partial charge < -0.3 is 14.2 Å². The van der Waals surface area contributed by atoms with E-state index in [9.17, 15) is 18.0 Å². The summed E-state index contributed by atoms with van der Waals surface area (Å²) in [5, 5.41) is 0. The van der Waals surface area contributed by atoms with E-state index in [0.717, 1.165) is 42.7 Å². The van der Waals surface area contributed by atoms with Gasteiger partial charge in [-0.15, -0.1) is 0 Å². The van der Waals surface area contributed by atoms with Gasteiger partial charge in [0.15, 0.2) is 0 Å². The molecule has 2 amide bonds. The fourth-order valence-electron chi connectivity index (χ4n) is 5.20. The van der Waals surface area contributed by atoms with Gasteiger partial charge in [-0.1, -0.05) is 0 Å².